The molecule has 2 saturated heterocycles. The van der Waals surface area contributed by atoms with Gasteiger partial charge in [-0.05, 0) is 30.7 Å². The van der Waals surface area contributed by atoms with Gasteiger partial charge < -0.3 is 19.1 Å². The van der Waals surface area contributed by atoms with Crippen LogP contribution in [0.3, 0.4) is 0 Å². The highest BCUT2D eigenvalue weighted by molar-refractivity contribution is 5.75. The number of aromatic nitrogens is 1. The number of nitrogens with zero attached hydrogens (tertiary/aromatic N) is 3. The number of benzene rings is 1. The molecule has 4 rings (SSSR count). The van der Waals surface area contributed by atoms with E-state index in [0.717, 1.165) is 18.6 Å². The third kappa shape index (κ3) is 4.24. The fourth-order valence-corrected chi connectivity index (χ4v) is 3.70. The minimum absolute atomic E-state index is 0.0415. The van der Waals surface area contributed by atoms with E-state index in [9.17, 15) is 22.4 Å². The summed E-state index contributed by atoms with van der Waals surface area (Å²) < 4.78 is 59.3. The predicted octanol–water partition coefficient (Wildman–Crippen LogP) is 3.91. The first-order valence-electron chi connectivity index (χ1n) is 9.45. The van der Waals surface area contributed by atoms with Crippen LogP contribution in [0.1, 0.15) is 23.6 Å². The van der Waals surface area contributed by atoms with E-state index in [0.29, 0.717) is 32.2 Å². The summed E-state index contributed by atoms with van der Waals surface area (Å²) in [5, 5.41) is 0. The van der Waals surface area contributed by atoms with Gasteiger partial charge in [0.2, 0.25) is 0 Å². The van der Waals surface area contributed by atoms with E-state index in [-0.39, 0.29) is 30.3 Å². The quantitative estimate of drug-likeness (QED) is 0.716. The van der Waals surface area contributed by atoms with Gasteiger partial charge >= 0.3 is 12.2 Å². The number of carbonyl (C=O) groups excluding carboxylic acids is 1. The fraction of sp³-hybridized carbons (Fsp3) is 0.450. The number of urea groups is 1. The second-order valence-corrected chi connectivity index (χ2v) is 7.44. The van der Waals surface area contributed by atoms with Gasteiger partial charge in [0, 0.05) is 31.0 Å². The first kappa shape index (κ1) is 19.8. The van der Waals surface area contributed by atoms with Crippen molar-refractivity contribution < 1.29 is 27.1 Å². The van der Waals surface area contributed by atoms with Crippen molar-refractivity contribution in [2.24, 2.45) is 0 Å². The number of alkyl halides is 3. The number of hydrogen-bond donors (Lipinski definition) is 0. The summed E-state index contributed by atoms with van der Waals surface area (Å²) in [7, 11) is 0. The third-order valence-electron chi connectivity index (χ3n) is 5.46. The third-order valence-corrected chi connectivity index (χ3v) is 5.46. The summed E-state index contributed by atoms with van der Waals surface area (Å²) in [6.07, 6.45) is 0.0642. The van der Waals surface area contributed by atoms with Gasteiger partial charge in [-0.25, -0.2) is 9.18 Å². The predicted molar refractivity (Wildman–Crippen MR) is 96.6 cm³/mol. The zero-order valence-electron chi connectivity index (χ0n) is 15.6. The van der Waals surface area contributed by atoms with Crippen molar-refractivity contribution in [2.75, 3.05) is 26.2 Å². The highest BCUT2D eigenvalue weighted by Gasteiger charge is 2.37. The molecule has 29 heavy (non-hydrogen) atoms. The van der Waals surface area contributed by atoms with Gasteiger partial charge in [0.05, 0.1) is 37.4 Å². The van der Waals surface area contributed by atoms with Crippen LogP contribution in [0.5, 0.6) is 0 Å². The highest BCUT2D eigenvalue weighted by Crippen LogP contribution is 2.30. The van der Waals surface area contributed by atoms with Crippen molar-refractivity contribution in [3.8, 4) is 0 Å². The molecule has 3 heterocycles. The van der Waals surface area contributed by atoms with Crippen LogP contribution in [0.2, 0.25) is 0 Å². The molecule has 5 nitrogen and oxygen atoms in total. The van der Waals surface area contributed by atoms with Gasteiger partial charge in [-0.15, -0.1) is 0 Å². The largest absolute Gasteiger partial charge is 0.416 e. The normalized spacial score (nSPS) is 20.2. The Morgan fingerprint density at radius 1 is 1.10 bits per heavy atom. The van der Waals surface area contributed by atoms with Crippen molar-refractivity contribution in [3.05, 3.63) is 59.7 Å². The van der Waals surface area contributed by atoms with Crippen LogP contribution < -0.4 is 0 Å². The number of likely N-dealkylation sites (tertiary alicyclic amines) is 2. The van der Waals surface area contributed by atoms with E-state index in [1.165, 1.54) is 0 Å². The summed E-state index contributed by atoms with van der Waals surface area (Å²) in [5.41, 5.74) is -0.958. The van der Waals surface area contributed by atoms with Gasteiger partial charge in [0.1, 0.15) is 5.82 Å². The lowest BCUT2D eigenvalue weighted by Gasteiger charge is -2.40. The Hall–Kier alpha value is -2.55. The first-order chi connectivity index (χ1) is 13.8. The van der Waals surface area contributed by atoms with E-state index in [2.05, 4.69) is 4.57 Å². The van der Waals surface area contributed by atoms with Crippen LogP contribution in [-0.4, -0.2) is 52.7 Å². The minimum Gasteiger partial charge on any atom is -0.370 e. The van der Waals surface area contributed by atoms with E-state index >= 15 is 0 Å². The topological polar surface area (TPSA) is 37.7 Å². The molecule has 2 amide bonds. The van der Waals surface area contributed by atoms with Gasteiger partial charge in [-0.3, -0.25) is 0 Å². The number of amides is 2. The number of ether oxygens (including phenoxy) is 1. The molecule has 2 aliphatic heterocycles. The summed E-state index contributed by atoms with van der Waals surface area (Å²) in [6, 6.07) is 6.57. The maximum absolute atomic E-state index is 13.9. The number of halogens is 4. The van der Waals surface area contributed by atoms with Crippen LogP contribution in [0.4, 0.5) is 22.4 Å². The van der Waals surface area contributed by atoms with Crippen LogP contribution in [0, 0.1) is 5.82 Å². The number of carbonyl (C=O) groups is 1. The molecule has 0 radical (unpaired) electrons. The molecule has 2 aromatic rings. The maximum Gasteiger partial charge on any atom is 0.416 e. The average molecular weight is 411 g/mol. The molecular weight excluding hydrogens is 390 g/mol. The molecule has 2 fully saturated rings. The monoisotopic (exact) mass is 411 g/mol. The lowest BCUT2D eigenvalue weighted by Crippen LogP contribution is -2.58. The van der Waals surface area contributed by atoms with Crippen LogP contribution in [0.15, 0.2) is 42.7 Å². The Morgan fingerprint density at radius 3 is 2.48 bits per heavy atom. The maximum atomic E-state index is 13.9. The molecule has 9 heteroatoms. The molecule has 1 aromatic carbocycles. The zero-order chi connectivity index (χ0) is 20.6. The molecule has 0 bridgehead atoms. The Bertz CT molecular complexity index is 863. The molecular formula is C20H21F4N3O2. The summed E-state index contributed by atoms with van der Waals surface area (Å²) in [6.45, 7) is 2.01. The summed E-state index contributed by atoms with van der Waals surface area (Å²) in [4.78, 5) is 16.1. The smallest absolute Gasteiger partial charge is 0.370 e. The molecule has 0 aliphatic carbocycles. The van der Waals surface area contributed by atoms with E-state index in [1.54, 1.807) is 4.90 Å². The SMILES string of the molecule is O=C(N1CC(OCc2ccc(C(F)(F)F)cc2F)C1)N1CCC(n2cccc2)C1. The molecule has 0 spiro atoms. The molecule has 1 unspecified atom stereocenters. The van der Waals surface area contributed by atoms with E-state index < -0.39 is 17.6 Å². The lowest BCUT2D eigenvalue weighted by atomic mass is 10.1. The van der Waals surface area contributed by atoms with Crippen LogP contribution in [0.25, 0.3) is 0 Å². The molecule has 0 saturated carbocycles. The first-order valence-corrected chi connectivity index (χ1v) is 9.45. The number of rotatable bonds is 4. The highest BCUT2D eigenvalue weighted by atomic mass is 19.4. The lowest BCUT2D eigenvalue weighted by molar-refractivity contribution is -0.137. The fourth-order valence-electron chi connectivity index (χ4n) is 3.70. The van der Waals surface area contributed by atoms with Crippen LogP contribution in [-0.2, 0) is 17.5 Å². The van der Waals surface area contributed by atoms with Crippen LogP contribution >= 0.6 is 0 Å². The Morgan fingerprint density at radius 2 is 1.83 bits per heavy atom. The van der Waals surface area contributed by atoms with Gasteiger partial charge in [0.25, 0.3) is 0 Å². The Balaban J connectivity index is 1.23. The van der Waals surface area contributed by atoms with Crippen molar-refractivity contribution in [1.29, 1.82) is 0 Å². The molecule has 1 aromatic heterocycles. The molecule has 2 aliphatic rings. The summed E-state index contributed by atoms with van der Waals surface area (Å²) >= 11 is 0. The van der Waals surface area contributed by atoms with E-state index in [4.69, 9.17) is 4.74 Å². The van der Waals surface area contributed by atoms with Gasteiger partial charge in [-0.2, -0.15) is 13.2 Å². The standard InChI is InChI=1S/C20H21F4N3O2/c21-18-9-15(20(22,23)24)4-3-14(18)13-29-17-11-27(12-17)19(28)26-8-5-16(10-26)25-6-1-2-7-25/h1-4,6-7,9,16-17H,5,8,10-13H2. The van der Waals surface area contributed by atoms with E-state index in [1.807, 2.05) is 29.4 Å². The average Bonchev–Trinajstić information content (AvgIpc) is 3.31. The van der Waals surface area contributed by atoms with Gasteiger partial charge in [-0.1, -0.05) is 6.07 Å². The van der Waals surface area contributed by atoms with Crippen molar-refractivity contribution in [2.45, 2.75) is 31.3 Å². The molecule has 1 atom stereocenters. The van der Waals surface area contributed by atoms with Gasteiger partial charge in [0.15, 0.2) is 0 Å². The second kappa shape index (κ2) is 7.70. The Labute approximate surface area is 165 Å². The zero-order valence-corrected chi connectivity index (χ0v) is 15.6. The minimum atomic E-state index is -4.58. The Kier molecular flexibility index (Phi) is 5.24. The van der Waals surface area contributed by atoms with Crippen molar-refractivity contribution in [3.63, 3.8) is 0 Å². The second-order valence-electron chi connectivity index (χ2n) is 7.44. The van der Waals surface area contributed by atoms with Crippen molar-refractivity contribution in [1.82, 2.24) is 14.4 Å². The number of hydrogen-bond acceptors (Lipinski definition) is 2. The summed E-state index contributed by atoms with van der Waals surface area (Å²) in [5.74, 6) is -0.944. The molecule has 156 valence electrons. The van der Waals surface area contributed by atoms with Crippen molar-refractivity contribution >= 4 is 6.03 Å². The molecule has 0 N–H and O–H groups in total.